The molecule has 0 saturated carbocycles. The summed E-state index contributed by atoms with van der Waals surface area (Å²) in [7, 11) is 0. The third-order valence-electron chi connectivity index (χ3n) is 1.59. The number of alkyl halides is 1. The Balaban J connectivity index is 2.46. The van der Waals surface area contributed by atoms with Crippen LogP contribution in [0.4, 0.5) is 11.4 Å². The number of benzene rings is 1. The summed E-state index contributed by atoms with van der Waals surface area (Å²) in [5.74, 6) is 0. The molecule has 1 aromatic carbocycles. The highest BCUT2D eigenvalue weighted by molar-refractivity contribution is 9.09. The highest BCUT2D eigenvalue weighted by atomic mass is 79.9. The van der Waals surface area contributed by atoms with Crippen LogP contribution in [0.25, 0.3) is 0 Å². The number of halogens is 1. The van der Waals surface area contributed by atoms with Crippen molar-refractivity contribution in [2.45, 2.75) is 6.42 Å². The van der Waals surface area contributed by atoms with Crippen LogP contribution in [-0.4, -0.2) is 11.9 Å². The Hall–Kier alpha value is -0.700. The third kappa shape index (κ3) is 2.74. The Morgan fingerprint density at radius 2 is 2.08 bits per heavy atom. The first-order valence-electron chi connectivity index (χ1n) is 3.99. The van der Waals surface area contributed by atoms with Gasteiger partial charge in [0.2, 0.25) is 0 Å². The lowest BCUT2D eigenvalue weighted by molar-refractivity contribution is 1.000. The molecule has 3 heteroatoms. The predicted octanol–water partition coefficient (Wildman–Crippen LogP) is 2.47. The first-order chi connectivity index (χ1) is 5.84. The van der Waals surface area contributed by atoms with Gasteiger partial charge in [-0.05, 0) is 18.6 Å². The minimum atomic E-state index is 0.812. The van der Waals surface area contributed by atoms with E-state index in [1.165, 1.54) is 0 Å². The molecule has 0 radical (unpaired) electrons. The van der Waals surface area contributed by atoms with Crippen molar-refractivity contribution in [3.63, 3.8) is 0 Å². The van der Waals surface area contributed by atoms with Gasteiger partial charge in [0.15, 0.2) is 0 Å². The van der Waals surface area contributed by atoms with Crippen LogP contribution >= 0.6 is 15.9 Å². The highest BCUT2D eigenvalue weighted by Gasteiger charge is 1.94. The van der Waals surface area contributed by atoms with E-state index in [-0.39, 0.29) is 0 Å². The maximum atomic E-state index is 5.73. The number of nitrogen functional groups attached to an aromatic ring is 1. The summed E-state index contributed by atoms with van der Waals surface area (Å²) < 4.78 is 0. The van der Waals surface area contributed by atoms with Crippen LogP contribution in [0.2, 0.25) is 0 Å². The number of hydrogen-bond acceptors (Lipinski definition) is 2. The average molecular weight is 229 g/mol. The Morgan fingerprint density at radius 1 is 1.33 bits per heavy atom. The average Bonchev–Trinajstić information content (AvgIpc) is 2.09. The van der Waals surface area contributed by atoms with E-state index in [0.717, 1.165) is 29.7 Å². The van der Waals surface area contributed by atoms with E-state index in [4.69, 9.17) is 5.73 Å². The summed E-state index contributed by atoms with van der Waals surface area (Å²) >= 11 is 3.37. The van der Waals surface area contributed by atoms with E-state index >= 15 is 0 Å². The maximum absolute atomic E-state index is 5.73. The van der Waals surface area contributed by atoms with Gasteiger partial charge in [0.1, 0.15) is 0 Å². The largest absolute Gasteiger partial charge is 0.397 e. The van der Waals surface area contributed by atoms with Crippen LogP contribution in [0.15, 0.2) is 24.3 Å². The van der Waals surface area contributed by atoms with E-state index < -0.39 is 0 Å². The van der Waals surface area contributed by atoms with Gasteiger partial charge < -0.3 is 11.1 Å². The molecule has 0 spiro atoms. The van der Waals surface area contributed by atoms with E-state index in [0.29, 0.717) is 0 Å². The van der Waals surface area contributed by atoms with E-state index in [1.54, 1.807) is 0 Å². The quantitative estimate of drug-likeness (QED) is 0.472. The number of anilines is 2. The summed E-state index contributed by atoms with van der Waals surface area (Å²) in [5, 5.41) is 4.28. The lowest BCUT2D eigenvalue weighted by atomic mass is 10.2. The third-order valence-corrected chi connectivity index (χ3v) is 2.15. The summed E-state index contributed by atoms with van der Waals surface area (Å²) in [4.78, 5) is 0. The molecule has 1 aromatic rings. The molecule has 3 N–H and O–H groups in total. The second-order valence-electron chi connectivity index (χ2n) is 2.56. The summed E-state index contributed by atoms with van der Waals surface area (Å²) in [6.45, 7) is 0.958. The Morgan fingerprint density at radius 3 is 2.75 bits per heavy atom. The Bertz CT molecular complexity index is 238. The van der Waals surface area contributed by atoms with Crippen molar-refractivity contribution in [1.82, 2.24) is 0 Å². The molecule has 0 unspecified atom stereocenters. The molecule has 0 aliphatic rings. The molecule has 0 bridgehead atoms. The van der Waals surface area contributed by atoms with Crippen LogP contribution < -0.4 is 11.1 Å². The lowest BCUT2D eigenvalue weighted by Crippen LogP contribution is -2.03. The first-order valence-corrected chi connectivity index (χ1v) is 5.11. The molecule has 0 saturated heterocycles. The van der Waals surface area contributed by atoms with Gasteiger partial charge in [-0.25, -0.2) is 0 Å². The molecule has 0 atom stereocenters. The number of nitrogens with two attached hydrogens (primary N) is 1. The fourth-order valence-corrected chi connectivity index (χ4v) is 1.23. The molecular weight excluding hydrogens is 216 g/mol. The zero-order valence-electron chi connectivity index (χ0n) is 6.89. The predicted molar refractivity (Wildman–Crippen MR) is 57.8 cm³/mol. The van der Waals surface area contributed by atoms with E-state index in [2.05, 4.69) is 21.2 Å². The SMILES string of the molecule is Nc1ccccc1NCCCBr. The zero-order chi connectivity index (χ0) is 8.81. The molecule has 12 heavy (non-hydrogen) atoms. The Kier molecular flexibility index (Phi) is 3.94. The van der Waals surface area contributed by atoms with Gasteiger partial charge in [0.05, 0.1) is 11.4 Å². The monoisotopic (exact) mass is 228 g/mol. The van der Waals surface area contributed by atoms with Crippen molar-refractivity contribution in [3.8, 4) is 0 Å². The summed E-state index contributed by atoms with van der Waals surface area (Å²) in [5.41, 5.74) is 7.57. The van der Waals surface area contributed by atoms with Gasteiger partial charge in [-0.2, -0.15) is 0 Å². The van der Waals surface area contributed by atoms with Gasteiger partial charge in [-0.1, -0.05) is 28.1 Å². The summed E-state index contributed by atoms with van der Waals surface area (Å²) in [6.07, 6.45) is 1.11. The van der Waals surface area contributed by atoms with Crippen molar-refractivity contribution in [1.29, 1.82) is 0 Å². The smallest absolute Gasteiger partial charge is 0.0573 e. The van der Waals surface area contributed by atoms with Crippen molar-refractivity contribution < 1.29 is 0 Å². The van der Waals surface area contributed by atoms with Crippen molar-refractivity contribution >= 4 is 27.3 Å². The molecule has 0 heterocycles. The van der Waals surface area contributed by atoms with Crippen molar-refractivity contribution in [2.24, 2.45) is 0 Å². The van der Waals surface area contributed by atoms with Gasteiger partial charge in [-0.3, -0.25) is 0 Å². The second kappa shape index (κ2) is 5.04. The fraction of sp³-hybridized carbons (Fsp3) is 0.333. The molecule has 0 aliphatic carbocycles. The molecule has 2 nitrogen and oxygen atoms in total. The fourth-order valence-electron chi connectivity index (χ4n) is 0.948. The highest BCUT2D eigenvalue weighted by Crippen LogP contribution is 2.16. The van der Waals surface area contributed by atoms with Gasteiger partial charge in [0, 0.05) is 11.9 Å². The van der Waals surface area contributed by atoms with Crippen LogP contribution in [0.3, 0.4) is 0 Å². The number of hydrogen-bond donors (Lipinski definition) is 2. The minimum absolute atomic E-state index is 0.812. The maximum Gasteiger partial charge on any atom is 0.0573 e. The lowest BCUT2D eigenvalue weighted by Gasteiger charge is -2.07. The van der Waals surface area contributed by atoms with Crippen molar-refractivity contribution in [2.75, 3.05) is 22.9 Å². The second-order valence-corrected chi connectivity index (χ2v) is 3.35. The van der Waals surface area contributed by atoms with E-state index in [1.807, 2.05) is 24.3 Å². The van der Waals surface area contributed by atoms with E-state index in [9.17, 15) is 0 Å². The molecule has 0 amide bonds. The van der Waals surface area contributed by atoms with Crippen LogP contribution in [0.1, 0.15) is 6.42 Å². The number of nitrogens with one attached hydrogen (secondary N) is 1. The molecule has 0 aliphatic heterocycles. The van der Waals surface area contributed by atoms with Crippen molar-refractivity contribution in [3.05, 3.63) is 24.3 Å². The molecule has 1 rings (SSSR count). The molecular formula is C9H13BrN2. The van der Waals surface area contributed by atoms with Gasteiger partial charge in [-0.15, -0.1) is 0 Å². The molecule has 0 aromatic heterocycles. The Labute approximate surface area is 81.3 Å². The number of para-hydroxylation sites is 2. The topological polar surface area (TPSA) is 38.0 Å². The normalized spacial score (nSPS) is 9.75. The summed E-state index contributed by atoms with van der Waals surface area (Å²) in [6, 6.07) is 7.80. The molecule has 0 fully saturated rings. The van der Waals surface area contributed by atoms with Gasteiger partial charge in [0.25, 0.3) is 0 Å². The van der Waals surface area contributed by atoms with Crippen LogP contribution in [0.5, 0.6) is 0 Å². The first kappa shape index (κ1) is 9.39. The van der Waals surface area contributed by atoms with Crippen LogP contribution in [0, 0.1) is 0 Å². The minimum Gasteiger partial charge on any atom is -0.397 e. The molecule has 66 valence electrons. The standard InChI is InChI=1S/C9H13BrN2/c10-6-3-7-12-9-5-2-1-4-8(9)11/h1-2,4-5,12H,3,6-7,11H2. The van der Waals surface area contributed by atoms with Crippen LogP contribution in [-0.2, 0) is 0 Å². The van der Waals surface area contributed by atoms with Gasteiger partial charge >= 0.3 is 0 Å². The zero-order valence-corrected chi connectivity index (χ0v) is 8.47. The number of rotatable bonds is 4.